The van der Waals surface area contributed by atoms with Crippen molar-refractivity contribution in [2.24, 2.45) is 5.73 Å². The van der Waals surface area contributed by atoms with E-state index in [1.807, 2.05) is 18.2 Å². The fourth-order valence-electron chi connectivity index (χ4n) is 4.14. The van der Waals surface area contributed by atoms with Gasteiger partial charge in [-0.25, -0.2) is 17.6 Å². The molecular formula is C30H22FN3O5S. The van der Waals surface area contributed by atoms with Gasteiger partial charge in [0.15, 0.2) is 0 Å². The minimum absolute atomic E-state index is 0.0365. The zero-order valence-corrected chi connectivity index (χ0v) is 21.6. The van der Waals surface area contributed by atoms with Gasteiger partial charge >= 0.3 is 5.97 Å². The number of nitrogens with two attached hydrogens (primary N) is 1. The first-order valence-electron chi connectivity index (χ1n) is 11.9. The maximum absolute atomic E-state index is 13.3. The van der Waals surface area contributed by atoms with Gasteiger partial charge in [0.25, 0.3) is 10.0 Å². The van der Waals surface area contributed by atoms with Gasteiger partial charge in [0.05, 0.1) is 10.5 Å². The molecule has 0 fully saturated rings. The Bertz CT molecular complexity index is 1890. The number of nitrogens with one attached hydrogen (secondary N) is 2. The van der Waals surface area contributed by atoms with Crippen LogP contribution in [0.15, 0.2) is 108 Å². The maximum Gasteiger partial charge on any atom is 0.335 e. The van der Waals surface area contributed by atoms with Gasteiger partial charge in [0.1, 0.15) is 23.2 Å². The van der Waals surface area contributed by atoms with E-state index in [9.17, 15) is 22.7 Å². The molecule has 200 valence electrons. The molecule has 5 aromatic carbocycles. The number of halogens is 1. The van der Waals surface area contributed by atoms with Crippen molar-refractivity contribution in [3.63, 3.8) is 0 Å². The van der Waals surface area contributed by atoms with Gasteiger partial charge < -0.3 is 15.6 Å². The molecule has 0 aliphatic heterocycles. The van der Waals surface area contributed by atoms with Gasteiger partial charge in [-0.1, -0.05) is 30.3 Å². The first-order valence-corrected chi connectivity index (χ1v) is 13.4. The third-order valence-corrected chi connectivity index (χ3v) is 7.52. The first kappa shape index (κ1) is 26.4. The number of carboxylic acids is 1. The molecule has 0 saturated carbocycles. The molecule has 0 aliphatic carbocycles. The number of nitrogen functional groups attached to an aromatic ring is 1. The van der Waals surface area contributed by atoms with E-state index in [1.54, 1.807) is 36.4 Å². The summed E-state index contributed by atoms with van der Waals surface area (Å²) >= 11 is 0. The zero-order chi connectivity index (χ0) is 28.4. The first-order chi connectivity index (χ1) is 19.1. The third kappa shape index (κ3) is 5.62. The molecule has 0 aliphatic rings. The van der Waals surface area contributed by atoms with Crippen LogP contribution in [0.3, 0.4) is 0 Å². The molecule has 0 aromatic heterocycles. The standard InChI is InChI=1S/C30H22FN3O5S/c31-23-7-11-26(12-8-23)40(37,38)34-24-9-13-28(27(17-24)20-2-1-3-22(15-20)30(35)36)39-25-10-6-18-14-21(29(32)33)5-4-19(18)16-25/h1-17,34H,(H3,32,33)(H,35,36). The molecule has 5 N–H and O–H groups in total. The fourth-order valence-corrected chi connectivity index (χ4v) is 5.19. The van der Waals surface area contributed by atoms with Gasteiger partial charge in [-0.15, -0.1) is 0 Å². The van der Waals surface area contributed by atoms with Gasteiger partial charge in [-0.2, -0.15) is 0 Å². The van der Waals surface area contributed by atoms with E-state index in [1.165, 1.54) is 24.3 Å². The van der Waals surface area contributed by atoms with Crippen molar-refractivity contribution in [2.75, 3.05) is 4.72 Å². The number of aromatic carboxylic acids is 1. The summed E-state index contributed by atoms with van der Waals surface area (Å²) in [6.07, 6.45) is 0. The van der Waals surface area contributed by atoms with E-state index in [4.69, 9.17) is 15.9 Å². The van der Waals surface area contributed by atoms with E-state index in [0.29, 0.717) is 28.2 Å². The number of carboxylic acid groups (broad SMARTS) is 1. The monoisotopic (exact) mass is 555 g/mol. The van der Waals surface area contributed by atoms with Crippen molar-refractivity contribution in [3.8, 4) is 22.6 Å². The molecule has 0 radical (unpaired) electrons. The second-order valence-electron chi connectivity index (χ2n) is 8.90. The molecule has 0 bridgehead atoms. The smallest absolute Gasteiger partial charge is 0.335 e. The summed E-state index contributed by atoms with van der Waals surface area (Å²) in [5.41, 5.74) is 7.36. The molecule has 8 nitrogen and oxygen atoms in total. The molecular weight excluding hydrogens is 533 g/mol. The summed E-state index contributed by atoms with van der Waals surface area (Å²) in [7, 11) is -4.03. The number of benzene rings is 5. The molecule has 0 atom stereocenters. The van der Waals surface area contributed by atoms with Crippen molar-refractivity contribution in [3.05, 3.63) is 120 Å². The lowest BCUT2D eigenvalue weighted by molar-refractivity contribution is 0.0697. The predicted octanol–water partition coefficient (Wildman–Crippen LogP) is 6.22. The summed E-state index contributed by atoms with van der Waals surface area (Å²) in [5, 5.41) is 18.8. The maximum atomic E-state index is 13.3. The Labute approximate surface area is 229 Å². The number of fused-ring (bicyclic) bond motifs is 1. The molecule has 0 amide bonds. The second-order valence-corrected chi connectivity index (χ2v) is 10.6. The molecule has 0 heterocycles. The van der Waals surface area contributed by atoms with Crippen LogP contribution in [0.1, 0.15) is 15.9 Å². The van der Waals surface area contributed by atoms with Crippen LogP contribution < -0.4 is 15.2 Å². The Kier molecular flexibility index (Phi) is 6.93. The van der Waals surface area contributed by atoms with Crippen molar-refractivity contribution >= 4 is 38.3 Å². The van der Waals surface area contributed by atoms with Crippen molar-refractivity contribution in [1.82, 2.24) is 0 Å². The van der Waals surface area contributed by atoms with Crippen LogP contribution in [0.4, 0.5) is 10.1 Å². The lowest BCUT2D eigenvalue weighted by atomic mass is 10.0. The summed E-state index contributed by atoms with van der Waals surface area (Å²) in [4.78, 5) is 11.5. The number of ether oxygens (including phenoxy) is 1. The molecule has 5 rings (SSSR count). The van der Waals surface area contributed by atoms with Crippen molar-refractivity contribution in [1.29, 1.82) is 5.41 Å². The van der Waals surface area contributed by atoms with Crippen LogP contribution in [0.5, 0.6) is 11.5 Å². The second kappa shape index (κ2) is 10.5. The zero-order valence-electron chi connectivity index (χ0n) is 20.8. The number of amidine groups is 1. The normalized spacial score (nSPS) is 11.2. The average Bonchev–Trinajstić information content (AvgIpc) is 2.93. The van der Waals surface area contributed by atoms with Crippen LogP contribution in [0, 0.1) is 11.2 Å². The minimum Gasteiger partial charge on any atom is -0.478 e. The Hall–Kier alpha value is -5.22. The van der Waals surface area contributed by atoms with Crippen molar-refractivity contribution < 1.29 is 27.4 Å². The Morgan fingerprint density at radius 1 is 0.850 bits per heavy atom. The SMILES string of the molecule is N=C(N)c1ccc2cc(Oc3ccc(NS(=O)(=O)c4ccc(F)cc4)cc3-c3cccc(C(=O)O)c3)ccc2c1. The molecule has 10 heteroatoms. The van der Waals surface area contributed by atoms with Crippen molar-refractivity contribution in [2.45, 2.75) is 4.90 Å². The Morgan fingerprint density at radius 2 is 1.57 bits per heavy atom. The van der Waals surface area contributed by atoms with Crippen LogP contribution in [-0.2, 0) is 10.0 Å². The fraction of sp³-hybridized carbons (Fsp3) is 0. The van der Waals surface area contributed by atoms with Gasteiger partial charge in [-0.05, 0) is 89.1 Å². The lowest BCUT2D eigenvalue weighted by Crippen LogP contribution is -2.13. The van der Waals surface area contributed by atoms with E-state index >= 15 is 0 Å². The molecule has 40 heavy (non-hydrogen) atoms. The summed E-state index contributed by atoms with van der Waals surface area (Å²) in [6, 6.07) is 26.0. The van der Waals surface area contributed by atoms with Crippen LogP contribution >= 0.6 is 0 Å². The van der Waals surface area contributed by atoms with Gasteiger partial charge in [0.2, 0.25) is 0 Å². The quantitative estimate of drug-likeness (QED) is 0.132. The summed E-state index contributed by atoms with van der Waals surface area (Å²) in [6.45, 7) is 0. The van der Waals surface area contributed by atoms with Gasteiger partial charge in [-0.3, -0.25) is 10.1 Å². The number of carbonyl (C=O) groups is 1. The topological polar surface area (TPSA) is 143 Å². The largest absolute Gasteiger partial charge is 0.478 e. The third-order valence-electron chi connectivity index (χ3n) is 6.13. The van der Waals surface area contributed by atoms with Crippen LogP contribution in [0.2, 0.25) is 0 Å². The molecule has 0 saturated heterocycles. The van der Waals surface area contributed by atoms with E-state index in [2.05, 4.69) is 4.72 Å². The molecule has 0 spiro atoms. The molecule has 0 unspecified atom stereocenters. The van der Waals surface area contributed by atoms with E-state index in [0.717, 1.165) is 35.0 Å². The summed E-state index contributed by atoms with van der Waals surface area (Å²) < 4.78 is 47.8. The lowest BCUT2D eigenvalue weighted by Gasteiger charge is -2.15. The highest BCUT2D eigenvalue weighted by molar-refractivity contribution is 7.92. The highest BCUT2D eigenvalue weighted by Gasteiger charge is 2.17. The highest BCUT2D eigenvalue weighted by Crippen LogP contribution is 2.37. The van der Waals surface area contributed by atoms with E-state index < -0.39 is 21.8 Å². The van der Waals surface area contributed by atoms with E-state index in [-0.39, 0.29) is 22.0 Å². The Morgan fingerprint density at radius 3 is 2.30 bits per heavy atom. The Balaban J connectivity index is 1.54. The van der Waals surface area contributed by atoms with Crippen LogP contribution in [0.25, 0.3) is 21.9 Å². The van der Waals surface area contributed by atoms with Crippen LogP contribution in [-0.4, -0.2) is 25.3 Å². The highest BCUT2D eigenvalue weighted by atomic mass is 32.2. The molecule has 5 aromatic rings. The number of hydrogen-bond acceptors (Lipinski definition) is 5. The van der Waals surface area contributed by atoms with Gasteiger partial charge in [0, 0.05) is 16.8 Å². The number of rotatable bonds is 8. The average molecular weight is 556 g/mol. The minimum atomic E-state index is -4.03. The number of sulfonamides is 1. The summed E-state index contributed by atoms with van der Waals surface area (Å²) in [5.74, 6) is -0.873. The predicted molar refractivity (Wildman–Crippen MR) is 151 cm³/mol. The number of hydrogen-bond donors (Lipinski definition) is 4. The number of anilines is 1.